The molecule has 1 aliphatic rings. The molecule has 1 N–H and O–H groups in total. The van der Waals surface area contributed by atoms with Gasteiger partial charge < -0.3 is 5.11 Å². The average Bonchev–Trinajstić information content (AvgIpc) is 3.00. The molecular formula is C21H21NO2S. The highest BCUT2D eigenvalue weighted by molar-refractivity contribution is 7.19. The van der Waals surface area contributed by atoms with Crippen molar-refractivity contribution in [2.24, 2.45) is 5.92 Å². The molecule has 0 radical (unpaired) electrons. The molecule has 0 atom stereocenters. The summed E-state index contributed by atoms with van der Waals surface area (Å²) in [6, 6.07) is 17.4. The molecule has 3 aromatic rings. The molecule has 0 unspecified atom stereocenters. The van der Waals surface area contributed by atoms with Crippen LogP contribution in [0.15, 0.2) is 48.5 Å². The Balaban J connectivity index is 1.64. The predicted octanol–water partition coefficient (Wildman–Crippen LogP) is 4.65. The lowest BCUT2D eigenvalue weighted by molar-refractivity contribution is -0.147. The molecule has 0 bridgehead atoms. The fourth-order valence-electron chi connectivity index (χ4n) is 3.59. The first-order valence-electron chi connectivity index (χ1n) is 8.70. The van der Waals surface area contributed by atoms with E-state index >= 15 is 0 Å². The molecule has 0 aliphatic carbocycles. The average molecular weight is 351 g/mol. The molecule has 4 heteroatoms. The Labute approximate surface area is 151 Å². The van der Waals surface area contributed by atoms with Crippen LogP contribution in [0.2, 0.25) is 0 Å². The molecule has 25 heavy (non-hydrogen) atoms. The predicted molar refractivity (Wildman–Crippen MR) is 103 cm³/mol. The Morgan fingerprint density at radius 2 is 1.92 bits per heavy atom. The Hall–Kier alpha value is -2.17. The van der Waals surface area contributed by atoms with Crippen LogP contribution in [0.5, 0.6) is 0 Å². The second-order valence-electron chi connectivity index (χ2n) is 6.67. The van der Waals surface area contributed by atoms with Crippen LogP contribution in [0.4, 0.5) is 0 Å². The van der Waals surface area contributed by atoms with Crippen molar-refractivity contribution in [1.82, 2.24) is 4.90 Å². The lowest BCUT2D eigenvalue weighted by Gasteiger charge is -2.36. The van der Waals surface area contributed by atoms with Crippen LogP contribution in [0.25, 0.3) is 21.2 Å². The Morgan fingerprint density at radius 3 is 2.68 bits per heavy atom. The van der Waals surface area contributed by atoms with Gasteiger partial charge in [0.05, 0.1) is 5.92 Å². The molecule has 3 nitrogen and oxygen atoms in total. The number of carboxylic acid groups (broad SMARTS) is 1. The number of fused-ring (bicyclic) bond motifs is 1. The van der Waals surface area contributed by atoms with Gasteiger partial charge in [0.15, 0.2) is 0 Å². The van der Waals surface area contributed by atoms with E-state index < -0.39 is 5.97 Å². The van der Waals surface area contributed by atoms with Crippen molar-refractivity contribution >= 4 is 27.4 Å². The van der Waals surface area contributed by atoms with Crippen LogP contribution in [0, 0.1) is 5.92 Å². The van der Waals surface area contributed by atoms with E-state index in [2.05, 4.69) is 60.4 Å². The summed E-state index contributed by atoms with van der Waals surface area (Å²) in [6.07, 6.45) is 1.02. The van der Waals surface area contributed by atoms with Gasteiger partial charge in [0.1, 0.15) is 0 Å². The van der Waals surface area contributed by atoms with E-state index in [1.165, 1.54) is 31.7 Å². The Bertz CT molecular complexity index is 925. The van der Waals surface area contributed by atoms with Crippen molar-refractivity contribution < 1.29 is 9.90 Å². The third kappa shape index (κ3) is 3.08. The molecule has 1 aliphatic heterocycles. The number of carboxylic acids is 1. The SMILES string of the molecule is CCc1ccccc1-c1cccc2sc(CN3CC(C(=O)O)C3)cc12. The van der Waals surface area contributed by atoms with E-state index in [1.807, 2.05) is 11.3 Å². The maximum absolute atomic E-state index is 11.0. The molecule has 2 heterocycles. The minimum atomic E-state index is -0.675. The summed E-state index contributed by atoms with van der Waals surface area (Å²) in [5.74, 6) is -0.868. The number of benzene rings is 2. The highest BCUT2D eigenvalue weighted by atomic mass is 32.1. The van der Waals surface area contributed by atoms with Crippen LogP contribution in [-0.4, -0.2) is 29.1 Å². The first kappa shape index (κ1) is 16.3. The van der Waals surface area contributed by atoms with E-state index in [-0.39, 0.29) is 5.92 Å². The number of carbonyl (C=O) groups is 1. The van der Waals surface area contributed by atoms with Crippen LogP contribution < -0.4 is 0 Å². The third-order valence-corrected chi connectivity index (χ3v) is 6.07. The van der Waals surface area contributed by atoms with Gasteiger partial charge in [0, 0.05) is 34.6 Å². The second kappa shape index (κ2) is 6.62. The minimum Gasteiger partial charge on any atom is -0.481 e. The number of likely N-dealkylation sites (tertiary alicyclic amines) is 1. The van der Waals surface area contributed by atoms with Crippen LogP contribution in [-0.2, 0) is 17.8 Å². The molecule has 0 amide bonds. The van der Waals surface area contributed by atoms with Crippen molar-refractivity contribution in [1.29, 1.82) is 0 Å². The van der Waals surface area contributed by atoms with Crippen molar-refractivity contribution in [3.05, 3.63) is 59.0 Å². The summed E-state index contributed by atoms with van der Waals surface area (Å²) >= 11 is 1.82. The Kier molecular flexibility index (Phi) is 4.32. The largest absolute Gasteiger partial charge is 0.481 e. The van der Waals surface area contributed by atoms with Gasteiger partial charge in [0.25, 0.3) is 0 Å². The van der Waals surface area contributed by atoms with Gasteiger partial charge >= 0.3 is 5.97 Å². The maximum Gasteiger partial charge on any atom is 0.309 e. The van der Waals surface area contributed by atoms with Crippen molar-refractivity contribution in [3.63, 3.8) is 0 Å². The number of aliphatic carboxylic acids is 1. The zero-order chi connectivity index (χ0) is 17.4. The highest BCUT2D eigenvalue weighted by Crippen LogP contribution is 2.36. The highest BCUT2D eigenvalue weighted by Gasteiger charge is 2.32. The quantitative estimate of drug-likeness (QED) is 0.727. The van der Waals surface area contributed by atoms with Crippen LogP contribution in [0.3, 0.4) is 0 Å². The second-order valence-corrected chi connectivity index (χ2v) is 7.84. The fourth-order valence-corrected chi connectivity index (χ4v) is 4.73. The number of nitrogens with zero attached hydrogens (tertiary/aromatic N) is 1. The molecular weight excluding hydrogens is 330 g/mol. The number of hydrogen-bond donors (Lipinski definition) is 1. The third-order valence-electron chi connectivity index (χ3n) is 4.99. The lowest BCUT2D eigenvalue weighted by atomic mass is 9.95. The van der Waals surface area contributed by atoms with Gasteiger partial charge in [-0.25, -0.2) is 0 Å². The monoisotopic (exact) mass is 351 g/mol. The van der Waals surface area contributed by atoms with Gasteiger partial charge in [-0.3, -0.25) is 9.69 Å². The summed E-state index contributed by atoms with van der Waals surface area (Å²) in [7, 11) is 0. The molecule has 1 aromatic heterocycles. The van der Waals surface area contributed by atoms with E-state index in [0.29, 0.717) is 13.1 Å². The van der Waals surface area contributed by atoms with Gasteiger partial charge in [-0.2, -0.15) is 0 Å². The standard InChI is InChI=1S/C21H21NO2S/c1-2-14-6-3-4-7-17(14)18-8-5-9-20-19(18)10-16(25-20)13-22-11-15(12-22)21(23)24/h3-10,15H,2,11-13H2,1H3,(H,23,24). The molecule has 0 spiro atoms. The topological polar surface area (TPSA) is 40.5 Å². The number of hydrogen-bond acceptors (Lipinski definition) is 3. The first-order valence-corrected chi connectivity index (χ1v) is 9.52. The summed E-state index contributed by atoms with van der Waals surface area (Å²) in [4.78, 5) is 14.5. The molecule has 1 fully saturated rings. The molecule has 1 saturated heterocycles. The normalized spacial score (nSPS) is 15.4. The summed E-state index contributed by atoms with van der Waals surface area (Å²) in [6.45, 7) is 4.36. The molecule has 4 rings (SSSR count). The van der Waals surface area contributed by atoms with Crippen LogP contribution in [0.1, 0.15) is 17.4 Å². The van der Waals surface area contributed by atoms with Gasteiger partial charge in [-0.15, -0.1) is 11.3 Å². The van der Waals surface area contributed by atoms with E-state index in [9.17, 15) is 4.79 Å². The number of aryl methyl sites for hydroxylation is 1. The number of rotatable bonds is 5. The number of thiophene rings is 1. The van der Waals surface area contributed by atoms with Crippen LogP contribution >= 0.6 is 11.3 Å². The fraction of sp³-hybridized carbons (Fsp3) is 0.286. The first-order chi connectivity index (χ1) is 12.2. The van der Waals surface area contributed by atoms with E-state index in [4.69, 9.17) is 5.11 Å². The smallest absolute Gasteiger partial charge is 0.309 e. The zero-order valence-corrected chi connectivity index (χ0v) is 15.1. The van der Waals surface area contributed by atoms with E-state index in [0.717, 1.165) is 13.0 Å². The minimum absolute atomic E-state index is 0.193. The molecule has 0 saturated carbocycles. The Morgan fingerprint density at radius 1 is 1.16 bits per heavy atom. The van der Waals surface area contributed by atoms with Gasteiger partial charge in [-0.1, -0.05) is 43.3 Å². The van der Waals surface area contributed by atoms with Crippen molar-refractivity contribution in [2.75, 3.05) is 13.1 Å². The lowest BCUT2D eigenvalue weighted by Crippen LogP contribution is -2.49. The summed E-state index contributed by atoms with van der Waals surface area (Å²) in [5.41, 5.74) is 3.98. The maximum atomic E-state index is 11.0. The van der Waals surface area contributed by atoms with Gasteiger partial charge in [-0.05, 0) is 35.2 Å². The summed E-state index contributed by atoms with van der Waals surface area (Å²) in [5, 5.41) is 10.3. The molecule has 128 valence electrons. The molecule has 2 aromatic carbocycles. The zero-order valence-electron chi connectivity index (χ0n) is 14.2. The van der Waals surface area contributed by atoms with Crippen molar-refractivity contribution in [3.8, 4) is 11.1 Å². The van der Waals surface area contributed by atoms with Crippen molar-refractivity contribution in [2.45, 2.75) is 19.9 Å². The summed E-state index contributed by atoms with van der Waals surface area (Å²) < 4.78 is 1.30. The van der Waals surface area contributed by atoms with E-state index in [1.54, 1.807) is 0 Å². The van der Waals surface area contributed by atoms with Gasteiger partial charge in [0.2, 0.25) is 0 Å².